The smallest absolute Gasteiger partial charge is 0.433 e. The van der Waals surface area contributed by atoms with Gasteiger partial charge in [0.1, 0.15) is 5.56 Å². The van der Waals surface area contributed by atoms with E-state index in [0.717, 1.165) is 23.4 Å². The third-order valence-electron chi connectivity index (χ3n) is 6.12. The van der Waals surface area contributed by atoms with Crippen molar-refractivity contribution in [3.8, 4) is 22.8 Å². The Labute approximate surface area is 227 Å². The van der Waals surface area contributed by atoms with Crippen molar-refractivity contribution in [1.29, 1.82) is 0 Å². The minimum Gasteiger partial charge on any atom is -0.493 e. The van der Waals surface area contributed by atoms with Crippen LogP contribution in [0.5, 0.6) is 11.5 Å². The monoisotopic (exact) mass is 544 g/mol. The van der Waals surface area contributed by atoms with Gasteiger partial charge in [-0.2, -0.15) is 18.3 Å². The van der Waals surface area contributed by atoms with Crippen molar-refractivity contribution in [2.24, 2.45) is 0 Å². The topological polar surface area (TPSA) is 77.8 Å². The first-order valence-corrected chi connectivity index (χ1v) is 12.1. The van der Waals surface area contributed by atoms with Crippen molar-refractivity contribution >= 4 is 29.4 Å². The minimum atomic E-state index is -4.75. The van der Waals surface area contributed by atoms with Crippen LogP contribution in [0.15, 0.2) is 85.1 Å². The van der Waals surface area contributed by atoms with E-state index in [1.54, 1.807) is 24.3 Å². The van der Waals surface area contributed by atoms with Crippen LogP contribution in [0.4, 0.5) is 18.9 Å². The Bertz CT molecular complexity index is 1700. The highest BCUT2D eigenvalue weighted by atomic mass is 19.4. The second kappa shape index (κ2) is 10.9. The van der Waals surface area contributed by atoms with Crippen molar-refractivity contribution in [3.05, 3.63) is 107 Å². The highest BCUT2D eigenvalue weighted by Gasteiger charge is 2.36. The first kappa shape index (κ1) is 26.5. The molecule has 0 atom stereocenters. The van der Waals surface area contributed by atoms with Gasteiger partial charge in [-0.3, -0.25) is 4.79 Å². The maximum atomic E-state index is 14.0. The Kier molecular flexibility index (Phi) is 7.24. The molecule has 5 rings (SSSR count). The van der Waals surface area contributed by atoms with E-state index in [1.807, 2.05) is 54.6 Å². The van der Waals surface area contributed by atoms with Gasteiger partial charge in [-0.25, -0.2) is 9.50 Å². The number of halogens is 3. The zero-order chi connectivity index (χ0) is 28.3. The van der Waals surface area contributed by atoms with Gasteiger partial charge in [0.15, 0.2) is 22.8 Å². The zero-order valence-corrected chi connectivity index (χ0v) is 21.4. The molecule has 0 spiro atoms. The quantitative estimate of drug-likeness (QED) is 0.227. The summed E-state index contributed by atoms with van der Waals surface area (Å²) in [5.41, 5.74) is 1.34. The predicted octanol–water partition coefficient (Wildman–Crippen LogP) is 6.86. The highest BCUT2D eigenvalue weighted by Crippen LogP contribution is 2.36. The molecule has 0 bridgehead atoms. The van der Waals surface area contributed by atoms with E-state index in [9.17, 15) is 18.0 Å². The van der Waals surface area contributed by atoms with Crippen LogP contribution in [0, 0.1) is 0 Å². The van der Waals surface area contributed by atoms with Crippen LogP contribution in [0.2, 0.25) is 0 Å². The number of anilines is 1. The summed E-state index contributed by atoms with van der Waals surface area (Å²) in [5.74, 6) is 0.0887. The summed E-state index contributed by atoms with van der Waals surface area (Å²) in [6, 6.07) is 22.4. The van der Waals surface area contributed by atoms with E-state index in [0.29, 0.717) is 27.3 Å². The number of benzene rings is 3. The van der Waals surface area contributed by atoms with E-state index >= 15 is 0 Å². The Morgan fingerprint density at radius 3 is 2.20 bits per heavy atom. The molecule has 1 amide bonds. The maximum Gasteiger partial charge on any atom is 0.433 e. The van der Waals surface area contributed by atoms with Crippen LogP contribution in [0.1, 0.15) is 27.2 Å². The van der Waals surface area contributed by atoms with Crippen LogP contribution in [0.25, 0.3) is 29.1 Å². The summed E-state index contributed by atoms with van der Waals surface area (Å²) in [5, 5.41) is 6.54. The number of amides is 1. The average molecular weight is 545 g/mol. The van der Waals surface area contributed by atoms with Gasteiger partial charge < -0.3 is 14.8 Å². The number of alkyl halides is 3. The van der Waals surface area contributed by atoms with Gasteiger partial charge in [-0.15, -0.1) is 0 Å². The summed E-state index contributed by atoms with van der Waals surface area (Å²) < 4.78 is 53.1. The Morgan fingerprint density at radius 1 is 0.875 bits per heavy atom. The van der Waals surface area contributed by atoms with Crippen LogP contribution in [-0.2, 0) is 6.18 Å². The normalized spacial score (nSPS) is 11.6. The van der Waals surface area contributed by atoms with Crippen molar-refractivity contribution in [2.75, 3.05) is 19.5 Å². The number of hydrogen-bond donors (Lipinski definition) is 1. The fraction of sp³-hybridized carbons (Fsp3) is 0.100. The number of nitrogens with one attached hydrogen (secondary N) is 1. The van der Waals surface area contributed by atoms with Crippen molar-refractivity contribution in [3.63, 3.8) is 0 Å². The molecule has 0 saturated carbocycles. The number of rotatable bonds is 7. The number of ether oxygens (including phenoxy) is 2. The fourth-order valence-electron chi connectivity index (χ4n) is 4.10. The maximum absolute atomic E-state index is 14.0. The minimum absolute atomic E-state index is 0.00937. The number of carbonyl (C=O) groups excluding carboxylic acids is 1. The Balaban J connectivity index is 1.46. The Hall–Kier alpha value is -5.12. The molecule has 10 heteroatoms. The molecule has 1 N–H and O–H groups in total. The lowest BCUT2D eigenvalue weighted by molar-refractivity contribution is -0.142. The lowest BCUT2D eigenvalue weighted by atomic mass is 10.1. The van der Waals surface area contributed by atoms with Gasteiger partial charge in [-0.1, -0.05) is 54.6 Å². The van der Waals surface area contributed by atoms with Gasteiger partial charge in [0.05, 0.1) is 26.1 Å². The molecule has 3 aromatic carbocycles. The number of carbonyl (C=O) groups is 1. The van der Waals surface area contributed by atoms with Crippen LogP contribution in [-0.4, -0.2) is 34.7 Å². The molecule has 0 aliphatic heterocycles. The molecule has 0 radical (unpaired) electrons. The van der Waals surface area contributed by atoms with Gasteiger partial charge in [0.25, 0.3) is 5.91 Å². The lowest BCUT2D eigenvalue weighted by Gasteiger charge is -2.13. The second-order valence-corrected chi connectivity index (χ2v) is 8.71. The molecule has 7 nitrogen and oxygen atoms in total. The first-order chi connectivity index (χ1) is 19.3. The van der Waals surface area contributed by atoms with Gasteiger partial charge in [-0.05, 0) is 47.5 Å². The predicted molar refractivity (Wildman–Crippen MR) is 146 cm³/mol. The SMILES string of the molecule is COc1ccc(-c2cc(C(F)(F)F)n3ncc(C(=O)Nc4ccc(C=Cc5ccccc5)cc4)c3n2)cc1OC. The van der Waals surface area contributed by atoms with Crippen LogP contribution < -0.4 is 14.8 Å². The second-order valence-electron chi connectivity index (χ2n) is 8.71. The molecule has 202 valence electrons. The highest BCUT2D eigenvalue weighted by molar-refractivity contribution is 6.08. The fourth-order valence-corrected chi connectivity index (χ4v) is 4.10. The summed E-state index contributed by atoms with van der Waals surface area (Å²) in [4.78, 5) is 17.5. The first-order valence-electron chi connectivity index (χ1n) is 12.1. The molecule has 0 aliphatic rings. The van der Waals surface area contributed by atoms with Crippen LogP contribution in [0.3, 0.4) is 0 Å². The van der Waals surface area contributed by atoms with E-state index < -0.39 is 17.8 Å². The molecule has 2 aromatic heterocycles. The summed E-state index contributed by atoms with van der Waals surface area (Å²) in [6.07, 6.45) is 0.217. The van der Waals surface area contributed by atoms with Crippen molar-refractivity contribution in [1.82, 2.24) is 14.6 Å². The average Bonchev–Trinajstić information content (AvgIpc) is 3.40. The molecule has 40 heavy (non-hydrogen) atoms. The number of nitrogens with zero attached hydrogens (tertiary/aromatic N) is 3. The molecular formula is C30H23F3N4O3. The van der Waals surface area contributed by atoms with E-state index in [2.05, 4.69) is 15.4 Å². The molecular weight excluding hydrogens is 521 g/mol. The van der Waals surface area contributed by atoms with Gasteiger partial charge >= 0.3 is 6.18 Å². The lowest BCUT2D eigenvalue weighted by Crippen LogP contribution is -2.15. The van der Waals surface area contributed by atoms with Crippen molar-refractivity contribution < 1.29 is 27.4 Å². The molecule has 0 unspecified atom stereocenters. The van der Waals surface area contributed by atoms with Gasteiger partial charge in [0, 0.05) is 11.3 Å². The number of methoxy groups -OCH3 is 2. The van der Waals surface area contributed by atoms with E-state index in [4.69, 9.17) is 9.47 Å². The molecule has 0 saturated heterocycles. The number of hydrogen-bond acceptors (Lipinski definition) is 5. The van der Waals surface area contributed by atoms with E-state index in [1.165, 1.54) is 20.3 Å². The van der Waals surface area contributed by atoms with E-state index in [-0.39, 0.29) is 16.9 Å². The summed E-state index contributed by atoms with van der Waals surface area (Å²) >= 11 is 0. The standard InChI is InChI=1S/C30H23F3N4O3/c1-39-25-15-12-21(16-26(25)40-2)24-17-27(30(31,32)33)37-28(36-24)23(18-34-37)29(38)35-22-13-10-20(11-14-22)9-8-19-6-4-3-5-7-19/h3-18H,1-2H3,(H,35,38). The van der Waals surface area contributed by atoms with Crippen LogP contribution >= 0.6 is 0 Å². The zero-order valence-electron chi connectivity index (χ0n) is 21.4. The third kappa shape index (κ3) is 5.51. The molecule has 2 heterocycles. The molecule has 5 aromatic rings. The van der Waals surface area contributed by atoms with Crippen molar-refractivity contribution in [2.45, 2.75) is 6.18 Å². The third-order valence-corrected chi connectivity index (χ3v) is 6.12. The Morgan fingerprint density at radius 2 is 1.55 bits per heavy atom. The summed E-state index contributed by atoms with van der Waals surface area (Å²) in [7, 11) is 2.88. The molecule has 0 fully saturated rings. The largest absolute Gasteiger partial charge is 0.493 e. The number of aromatic nitrogens is 3. The molecule has 0 aliphatic carbocycles. The summed E-state index contributed by atoms with van der Waals surface area (Å²) in [6.45, 7) is 0. The van der Waals surface area contributed by atoms with Gasteiger partial charge in [0.2, 0.25) is 0 Å². The number of fused-ring (bicyclic) bond motifs is 1.